The van der Waals surface area contributed by atoms with E-state index in [0.717, 1.165) is 29.8 Å². The third-order valence-electron chi connectivity index (χ3n) is 7.10. The highest BCUT2D eigenvalue weighted by molar-refractivity contribution is 5.92. The summed E-state index contributed by atoms with van der Waals surface area (Å²) in [4.78, 5) is 24.8. The lowest BCUT2D eigenvalue weighted by Crippen LogP contribution is -2.31. The Hall–Kier alpha value is -4.70. The van der Waals surface area contributed by atoms with E-state index in [9.17, 15) is 9.90 Å². The van der Waals surface area contributed by atoms with Gasteiger partial charge in [0.25, 0.3) is 0 Å². The second-order valence-corrected chi connectivity index (χ2v) is 9.99. The van der Waals surface area contributed by atoms with Gasteiger partial charge in [-0.25, -0.2) is 23.5 Å². The van der Waals surface area contributed by atoms with Crippen molar-refractivity contribution in [2.24, 2.45) is 0 Å². The first-order valence-corrected chi connectivity index (χ1v) is 13.2. The molecule has 1 saturated heterocycles. The SMILES string of the molecule is Cc1ccc(COc2cccc(-c3cc(F)c(Cc4nc5ccc(C(=O)O)cc5n4CC4CCO4)cc3F)n2)cn1. The van der Waals surface area contributed by atoms with Crippen LogP contribution in [0.1, 0.15) is 39.4 Å². The lowest BCUT2D eigenvalue weighted by atomic mass is 10.0. The van der Waals surface area contributed by atoms with Crippen LogP contribution in [-0.2, 0) is 24.3 Å². The van der Waals surface area contributed by atoms with Crippen molar-refractivity contribution in [3.63, 3.8) is 0 Å². The van der Waals surface area contributed by atoms with Gasteiger partial charge in [-0.15, -0.1) is 0 Å². The van der Waals surface area contributed by atoms with Gasteiger partial charge in [-0.05, 0) is 61.4 Å². The first-order chi connectivity index (χ1) is 19.8. The number of aromatic carboxylic acids is 1. The molecule has 0 saturated carbocycles. The number of rotatable bonds is 9. The molecule has 3 aromatic heterocycles. The van der Waals surface area contributed by atoms with Crippen LogP contribution in [0.25, 0.3) is 22.3 Å². The molecule has 5 aromatic rings. The molecule has 6 rings (SSSR count). The van der Waals surface area contributed by atoms with Crippen molar-refractivity contribution >= 4 is 17.0 Å². The summed E-state index contributed by atoms with van der Waals surface area (Å²) in [5.74, 6) is -1.53. The summed E-state index contributed by atoms with van der Waals surface area (Å²) in [5, 5.41) is 9.45. The van der Waals surface area contributed by atoms with Gasteiger partial charge in [0.15, 0.2) is 0 Å². The van der Waals surface area contributed by atoms with Crippen molar-refractivity contribution in [2.75, 3.05) is 6.61 Å². The van der Waals surface area contributed by atoms with Gasteiger partial charge >= 0.3 is 5.97 Å². The largest absolute Gasteiger partial charge is 0.478 e. The smallest absolute Gasteiger partial charge is 0.335 e. The molecule has 0 amide bonds. The number of pyridine rings is 2. The summed E-state index contributed by atoms with van der Waals surface area (Å²) in [7, 11) is 0. The molecule has 1 aliphatic heterocycles. The quantitative estimate of drug-likeness (QED) is 0.247. The molecule has 1 unspecified atom stereocenters. The monoisotopic (exact) mass is 556 g/mol. The third kappa shape index (κ3) is 5.64. The summed E-state index contributed by atoms with van der Waals surface area (Å²) in [5.41, 5.74) is 3.43. The highest BCUT2D eigenvalue weighted by atomic mass is 19.1. The van der Waals surface area contributed by atoms with Crippen molar-refractivity contribution in [1.82, 2.24) is 19.5 Å². The number of aromatic nitrogens is 4. The summed E-state index contributed by atoms with van der Waals surface area (Å²) >= 11 is 0. The van der Waals surface area contributed by atoms with Crippen LogP contribution in [0.5, 0.6) is 5.88 Å². The molecule has 1 fully saturated rings. The zero-order chi connectivity index (χ0) is 28.5. The maximum absolute atomic E-state index is 15.4. The Morgan fingerprint density at radius 3 is 2.68 bits per heavy atom. The van der Waals surface area contributed by atoms with Crippen LogP contribution in [0.2, 0.25) is 0 Å². The highest BCUT2D eigenvalue weighted by Gasteiger charge is 2.23. The number of ether oxygens (including phenoxy) is 2. The lowest BCUT2D eigenvalue weighted by molar-refractivity contribution is -0.0589. The first-order valence-electron chi connectivity index (χ1n) is 13.2. The van der Waals surface area contributed by atoms with Crippen molar-refractivity contribution in [3.05, 3.63) is 107 Å². The van der Waals surface area contributed by atoms with Crippen molar-refractivity contribution < 1.29 is 28.2 Å². The molecular weight excluding hydrogens is 530 g/mol. The summed E-state index contributed by atoms with van der Waals surface area (Å²) in [6, 6.07) is 15.6. The maximum Gasteiger partial charge on any atom is 0.335 e. The Bertz CT molecular complexity index is 1750. The van der Waals surface area contributed by atoms with E-state index >= 15 is 8.78 Å². The summed E-state index contributed by atoms with van der Waals surface area (Å²) in [6.07, 6.45) is 2.53. The average Bonchev–Trinajstić information content (AvgIpc) is 3.28. The second-order valence-electron chi connectivity index (χ2n) is 9.99. The highest BCUT2D eigenvalue weighted by Crippen LogP contribution is 2.29. The molecule has 0 bridgehead atoms. The number of imidazole rings is 1. The number of aryl methyl sites for hydroxylation is 1. The zero-order valence-corrected chi connectivity index (χ0v) is 22.2. The van der Waals surface area contributed by atoms with Gasteiger partial charge in [-0.2, -0.15) is 0 Å². The number of hydrogen-bond acceptors (Lipinski definition) is 6. The Kier molecular flexibility index (Phi) is 7.15. The number of halogens is 2. The second kappa shape index (κ2) is 11.1. The molecule has 10 heteroatoms. The number of carboxylic acid groups (broad SMARTS) is 1. The molecule has 0 spiro atoms. The number of carboxylic acids is 1. The van der Waals surface area contributed by atoms with Gasteiger partial charge in [0.05, 0.1) is 34.9 Å². The van der Waals surface area contributed by atoms with Crippen molar-refractivity contribution in [3.8, 4) is 17.1 Å². The predicted molar refractivity (Wildman–Crippen MR) is 147 cm³/mol. The Morgan fingerprint density at radius 1 is 1.10 bits per heavy atom. The van der Waals surface area contributed by atoms with E-state index in [4.69, 9.17) is 9.47 Å². The van der Waals surface area contributed by atoms with Gasteiger partial charge in [0.1, 0.15) is 24.1 Å². The maximum atomic E-state index is 15.4. The molecule has 4 heterocycles. The summed E-state index contributed by atoms with van der Waals surface area (Å²) < 4.78 is 44.0. The minimum Gasteiger partial charge on any atom is -0.478 e. The first kappa shape index (κ1) is 26.5. The zero-order valence-electron chi connectivity index (χ0n) is 22.2. The molecule has 1 aliphatic rings. The lowest BCUT2D eigenvalue weighted by Gasteiger charge is -2.27. The Balaban J connectivity index is 1.27. The molecule has 208 valence electrons. The van der Waals surface area contributed by atoms with E-state index in [0.29, 0.717) is 30.0 Å². The van der Waals surface area contributed by atoms with E-state index in [1.807, 2.05) is 23.6 Å². The number of fused-ring (bicyclic) bond motifs is 1. The van der Waals surface area contributed by atoms with E-state index < -0.39 is 17.6 Å². The molecule has 2 aromatic carbocycles. The minimum atomic E-state index is -1.06. The molecule has 0 radical (unpaired) electrons. The Labute approximate surface area is 234 Å². The standard InChI is InChI=1S/C31H26F2N4O4/c1-18-5-6-19(15-34-18)17-41-30-4-2-3-26(36-30)23-14-24(32)21(11-25(23)33)13-29-35-27-8-7-20(31(38)39)12-28(27)37(29)16-22-9-10-40-22/h2-8,11-12,14-15,22H,9-10,13,16-17H2,1H3,(H,38,39). The number of nitrogens with zero attached hydrogens (tertiary/aromatic N) is 4. The van der Waals surface area contributed by atoms with Crippen LogP contribution in [-0.4, -0.2) is 43.3 Å². The van der Waals surface area contributed by atoms with Crippen molar-refractivity contribution in [2.45, 2.75) is 39.0 Å². The molecule has 41 heavy (non-hydrogen) atoms. The molecule has 1 atom stereocenters. The molecule has 0 aliphatic carbocycles. The van der Waals surface area contributed by atoms with E-state index in [1.165, 1.54) is 6.07 Å². The van der Waals surface area contributed by atoms with Crippen LogP contribution in [0.15, 0.2) is 66.9 Å². The van der Waals surface area contributed by atoms with E-state index in [2.05, 4.69) is 15.0 Å². The number of benzene rings is 2. The van der Waals surface area contributed by atoms with Crippen LogP contribution in [0.3, 0.4) is 0 Å². The van der Waals surface area contributed by atoms with Crippen molar-refractivity contribution in [1.29, 1.82) is 0 Å². The van der Waals surface area contributed by atoms with E-state index in [-0.39, 0.29) is 47.4 Å². The Morgan fingerprint density at radius 2 is 1.95 bits per heavy atom. The minimum absolute atomic E-state index is 0.00794. The van der Waals surface area contributed by atoms with Gasteiger partial charge in [-0.1, -0.05) is 12.1 Å². The number of hydrogen-bond donors (Lipinski definition) is 1. The van der Waals surface area contributed by atoms with Crippen LogP contribution < -0.4 is 4.74 Å². The van der Waals surface area contributed by atoms with Crippen LogP contribution in [0, 0.1) is 18.6 Å². The topological polar surface area (TPSA) is 99.4 Å². The van der Waals surface area contributed by atoms with Gasteiger partial charge in [0.2, 0.25) is 5.88 Å². The number of carbonyl (C=O) groups is 1. The average molecular weight is 557 g/mol. The molecular formula is C31H26F2N4O4. The normalized spacial score (nSPS) is 14.7. The van der Waals surface area contributed by atoms with E-state index in [1.54, 1.807) is 36.5 Å². The fourth-order valence-electron chi connectivity index (χ4n) is 4.75. The predicted octanol–water partition coefficient (Wildman–Crippen LogP) is 5.74. The van der Waals surface area contributed by atoms with Crippen LogP contribution >= 0.6 is 0 Å². The fraction of sp³-hybridized carbons (Fsp3) is 0.226. The van der Waals surface area contributed by atoms with Gasteiger partial charge in [-0.3, -0.25) is 4.98 Å². The van der Waals surface area contributed by atoms with Crippen LogP contribution in [0.4, 0.5) is 8.78 Å². The molecule has 8 nitrogen and oxygen atoms in total. The third-order valence-corrected chi connectivity index (χ3v) is 7.10. The van der Waals surface area contributed by atoms with Gasteiger partial charge < -0.3 is 19.1 Å². The fourth-order valence-corrected chi connectivity index (χ4v) is 4.75. The molecule has 1 N–H and O–H groups in total. The summed E-state index contributed by atoms with van der Waals surface area (Å²) in [6.45, 7) is 3.22. The van der Waals surface area contributed by atoms with Gasteiger partial charge in [0, 0.05) is 42.1 Å².